The van der Waals surface area contributed by atoms with Gasteiger partial charge in [0.1, 0.15) is 0 Å². The standard InChI is InChI=1S/C19H24N2/c1-3-21(19-10-5-4-7-15(19)2)14-17-9-6-8-16-13-20-12-11-18(16)17/h4-10,20H,3,11-14H2,1-2H3. The summed E-state index contributed by atoms with van der Waals surface area (Å²) in [6, 6.07) is 15.4. The fourth-order valence-electron chi connectivity index (χ4n) is 3.25. The van der Waals surface area contributed by atoms with Crippen LogP contribution in [-0.4, -0.2) is 13.1 Å². The highest BCUT2D eigenvalue weighted by Gasteiger charge is 2.15. The number of benzene rings is 2. The minimum Gasteiger partial charge on any atom is -0.367 e. The average Bonchev–Trinajstić information content (AvgIpc) is 2.53. The van der Waals surface area contributed by atoms with E-state index in [2.05, 4.69) is 66.5 Å². The molecule has 0 saturated carbocycles. The smallest absolute Gasteiger partial charge is 0.0432 e. The van der Waals surface area contributed by atoms with Crippen molar-refractivity contribution in [3.63, 3.8) is 0 Å². The second kappa shape index (κ2) is 6.31. The Balaban J connectivity index is 1.90. The van der Waals surface area contributed by atoms with Gasteiger partial charge in [-0.05, 0) is 55.1 Å². The van der Waals surface area contributed by atoms with Crippen LogP contribution in [0.4, 0.5) is 5.69 Å². The molecule has 2 aromatic carbocycles. The van der Waals surface area contributed by atoms with E-state index in [1.807, 2.05) is 0 Å². The van der Waals surface area contributed by atoms with Crippen LogP contribution in [0.25, 0.3) is 0 Å². The van der Waals surface area contributed by atoms with Crippen molar-refractivity contribution in [2.45, 2.75) is 33.4 Å². The summed E-state index contributed by atoms with van der Waals surface area (Å²) < 4.78 is 0. The lowest BCUT2D eigenvalue weighted by molar-refractivity contribution is 0.636. The van der Waals surface area contributed by atoms with E-state index >= 15 is 0 Å². The van der Waals surface area contributed by atoms with Gasteiger partial charge in [0.2, 0.25) is 0 Å². The predicted molar refractivity (Wildman–Crippen MR) is 89.8 cm³/mol. The Morgan fingerprint density at radius 3 is 2.76 bits per heavy atom. The molecule has 21 heavy (non-hydrogen) atoms. The molecule has 0 unspecified atom stereocenters. The molecule has 2 aromatic rings. The molecule has 0 radical (unpaired) electrons. The van der Waals surface area contributed by atoms with Crippen molar-refractivity contribution in [3.05, 3.63) is 64.7 Å². The van der Waals surface area contributed by atoms with Gasteiger partial charge in [-0.2, -0.15) is 0 Å². The molecular formula is C19H24N2. The predicted octanol–water partition coefficient (Wildman–Crippen LogP) is 3.67. The number of anilines is 1. The first-order valence-electron chi connectivity index (χ1n) is 7.90. The van der Waals surface area contributed by atoms with Crippen LogP contribution in [0, 0.1) is 6.92 Å². The maximum absolute atomic E-state index is 3.46. The van der Waals surface area contributed by atoms with E-state index in [1.165, 1.54) is 22.4 Å². The zero-order valence-corrected chi connectivity index (χ0v) is 13.0. The highest BCUT2D eigenvalue weighted by molar-refractivity contribution is 5.54. The van der Waals surface area contributed by atoms with Crippen LogP contribution in [0.15, 0.2) is 42.5 Å². The summed E-state index contributed by atoms with van der Waals surface area (Å²) in [5, 5.41) is 3.46. The van der Waals surface area contributed by atoms with Crippen LogP contribution >= 0.6 is 0 Å². The molecule has 110 valence electrons. The Kier molecular flexibility index (Phi) is 4.26. The van der Waals surface area contributed by atoms with Crippen LogP contribution in [0.1, 0.15) is 29.2 Å². The van der Waals surface area contributed by atoms with Gasteiger partial charge in [0.25, 0.3) is 0 Å². The van der Waals surface area contributed by atoms with Gasteiger partial charge >= 0.3 is 0 Å². The Labute approximate surface area is 127 Å². The van der Waals surface area contributed by atoms with Crippen LogP contribution < -0.4 is 10.2 Å². The zero-order chi connectivity index (χ0) is 14.7. The number of nitrogens with zero attached hydrogens (tertiary/aromatic N) is 1. The largest absolute Gasteiger partial charge is 0.367 e. The summed E-state index contributed by atoms with van der Waals surface area (Å²) in [5.41, 5.74) is 7.22. The first-order valence-corrected chi connectivity index (χ1v) is 7.90. The molecule has 0 atom stereocenters. The van der Waals surface area contributed by atoms with Gasteiger partial charge in [0.05, 0.1) is 0 Å². The number of rotatable bonds is 4. The number of hydrogen-bond donors (Lipinski definition) is 1. The molecular weight excluding hydrogens is 256 g/mol. The van der Waals surface area contributed by atoms with Crippen molar-refractivity contribution in [2.75, 3.05) is 18.0 Å². The monoisotopic (exact) mass is 280 g/mol. The Hall–Kier alpha value is -1.80. The number of fused-ring (bicyclic) bond motifs is 1. The number of hydrogen-bond acceptors (Lipinski definition) is 2. The lowest BCUT2D eigenvalue weighted by atomic mass is 9.95. The molecule has 0 spiro atoms. The van der Waals surface area contributed by atoms with Crippen molar-refractivity contribution in [2.24, 2.45) is 0 Å². The van der Waals surface area contributed by atoms with Crippen LogP contribution in [0.5, 0.6) is 0 Å². The van der Waals surface area contributed by atoms with Gasteiger partial charge in [-0.25, -0.2) is 0 Å². The first-order chi connectivity index (χ1) is 10.3. The topological polar surface area (TPSA) is 15.3 Å². The Bertz CT molecular complexity index is 619. The molecule has 0 bridgehead atoms. The molecule has 2 nitrogen and oxygen atoms in total. The molecule has 0 aromatic heterocycles. The van der Waals surface area contributed by atoms with Crippen LogP contribution in [0.3, 0.4) is 0 Å². The van der Waals surface area contributed by atoms with E-state index in [9.17, 15) is 0 Å². The van der Waals surface area contributed by atoms with E-state index in [1.54, 1.807) is 5.56 Å². The average molecular weight is 280 g/mol. The van der Waals surface area contributed by atoms with Crippen molar-refractivity contribution in [1.29, 1.82) is 0 Å². The summed E-state index contributed by atoms with van der Waals surface area (Å²) in [6.07, 6.45) is 1.15. The molecule has 1 N–H and O–H groups in total. The second-order valence-electron chi connectivity index (χ2n) is 5.78. The molecule has 0 aliphatic carbocycles. The Morgan fingerprint density at radius 1 is 1.10 bits per heavy atom. The fraction of sp³-hybridized carbons (Fsp3) is 0.368. The molecule has 3 rings (SSSR count). The normalized spacial score (nSPS) is 13.8. The van der Waals surface area contributed by atoms with Gasteiger partial charge in [0.15, 0.2) is 0 Å². The minimum absolute atomic E-state index is 1.00. The maximum Gasteiger partial charge on any atom is 0.0432 e. The number of aryl methyl sites for hydroxylation is 1. The van der Waals surface area contributed by atoms with E-state index < -0.39 is 0 Å². The van der Waals surface area contributed by atoms with Gasteiger partial charge in [0, 0.05) is 25.3 Å². The third-order valence-electron chi connectivity index (χ3n) is 4.44. The van der Waals surface area contributed by atoms with Crippen LogP contribution in [0.2, 0.25) is 0 Å². The minimum atomic E-state index is 1.00. The molecule has 1 aliphatic heterocycles. The molecule has 1 aliphatic rings. The van der Waals surface area contributed by atoms with E-state index in [0.717, 1.165) is 32.6 Å². The quantitative estimate of drug-likeness (QED) is 0.919. The number of para-hydroxylation sites is 1. The van der Waals surface area contributed by atoms with Gasteiger partial charge in [-0.1, -0.05) is 36.4 Å². The second-order valence-corrected chi connectivity index (χ2v) is 5.78. The lowest BCUT2D eigenvalue weighted by Crippen LogP contribution is -2.28. The van der Waals surface area contributed by atoms with Crippen molar-refractivity contribution in [3.8, 4) is 0 Å². The van der Waals surface area contributed by atoms with Gasteiger partial charge in [-0.15, -0.1) is 0 Å². The molecule has 1 heterocycles. The molecule has 0 amide bonds. The number of nitrogens with one attached hydrogen (secondary N) is 1. The third kappa shape index (κ3) is 2.96. The summed E-state index contributed by atoms with van der Waals surface area (Å²) >= 11 is 0. The fourth-order valence-corrected chi connectivity index (χ4v) is 3.25. The van der Waals surface area contributed by atoms with Crippen molar-refractivity contribution in [1.82, 2.24) is 5.32 Å². The van der Waals surface area contributed by atoms with Gasteiger partial charge < -0.3 is 10.2 Å². The highest BCUT2D eigenvalue weighted by atomic mass is 15.1. The maximum atomic E-state index is 3.46. The summed E-state index contributed by atoms with van der Waals surface area (Å²) in [4.78, 5) is 2.48. The Morgan fingerprint density at radius 2 is 1.95 bits per heavy atom. The van der Waals surface area contributed by atoms with E-state index in [4.69, 9.17) is 0 Å². The third-order valence-corrected chi connectivity index (χ3v) is 4.44. The van der Waals surface area contributed by atoms with Crippen molar-refractivity contribution < 1.29 is 0 Å². The molecule has 2 heteroatoms. The van der Waals surface area contributed by atoms with E-state index in [0.29, 0.717) is 0 Å². The summed E-state index contributed by atoms with van der Waals surface area (Å²) in [5.74, 6) is 0. The van der Waals surface area contributed by atoms with Crippen LogP contribution in [-0.2, 0) is 19.5 Å². The SMILES string of the molecule is CCN(Cc1cccc2c1CCNC2)c1ccccc1C. The van der Waals surface area contributed by atoms with Crippen molar-refractivity contribution >= 4 is 5.69 Å². The lowest BCUT2D eigenvalue weighted by Gasteiger charge is -2.28. The molecule has 0 fully saturated rings. The first kappa shape index (κ1) is 14.2. The molecule has 0 saturated heterocycles. The zero-order valence-electron chi connectivity index (χ0n) is 13.0. The summed E-state index contributed by atoms with van der Waals surface area (Å²) in [6.45, 7) is 8.59. The highest BCUT2D eigenvalue weighted by Crippen LogP contribution is 2.25. The van der Waals surface area contributed by atoms with E-state index in [-0.39, 0.29) is 0 Å². The van der Waals surface area contributed by atoms with Gasteiger partial charge in [-0.3, -0.25) is 0 Å². The summed E-state index contributed by atoms with van der Waals surface area (Å²) in [7, 11) is 0.